The van der Waals surface area contributed by atoms with E-state index in [1.165, 1.54) is 25.3 Å². The van der Waals surface area contributed by atoms with Crippen LogP contribution >= 0.6 is 0 Å². The summed E-state index contributed by atoms with van der Waals surface area (Å²) in [5.41, 5.74) is 0.592. The molecule has 0 saturated carbocycles. The maximum absolute atomic E-state index is 10.9. The molecule has 0 saturated heterocycles. The molecule has 1 rings (SSSR count). The Bertz CT molecular complexity index is 392. The molecule has 0 aromatic heterocycles. The molecule has 5 heteroatoms. The Morgan fingerprint density at radius 1 is 1.47 bits per heavy atom. The van der Waals surface area contributed by atoms with Gasteiger partial charge in [-0.15, -0.1) is 0 Å². The van der Waals surface area contributed by atoms with Crippen LogP contribution in [-0.4, -0.2) is 29.8 Å². The van der Waals surface area contributed by atoms with Gasteiger partial charge in [-0.25, -0.2) is 0 Å². The number of hydrogen-bond acceptors (Lipinski definition) is 5. The van der Waals surface area contributed by atoms with E-state index in [0.717, 1.165) is 0 Å². The number of aromatic hydroxyl groups is 2. The highest BCUT2D eigenvalue weighted by Gasteiger charge is 2.11. The number of esters is 1. The Kier molecular flexibility index (Phi) is 4.78. The van der Waals surface area contributed by atoms with Crippen molar-refractivity contribution in [3.63, 3.8) is 0 Å². The van der Waals surface area contributed by atoms with Crippen LogP contribution < -0.4 is 5.32 Å². The monoisotopic (exact) mass is 239 g/mol. The third-order valence-corrected chi connectivity index (χ3v) is 2.48. The van der Waals surface area contributed by atoms with Crippen LogP contribution in [0.4, 0.5) is 0 Å². The zero-order valence-electron chi connectivity index (χ0n) is 9.93. The smallest absolute Gasteiger partial charge is 0.306 e. The summed E-state index contributed by atoms with van der Waals surface area (Å²) in [5, 5.41) is 22.0. The van der Waals surface area contributed by atoms with Crippen molar-refractivity contribution in [2.24, 2.45) is 0 Å². The minimum Gasteiger partial charge on any atom is -0.508 e. The van der Waals surface area contributed by atoms with Crippen LogP contribution in [0.3, 0.4) is 0 Å². The Morgan fingerprint density at radius 3 is 2.82 bits per heavy atom. The first kappa shape index (κ1) is 13.3. The van der Waals surface area contributed by atoms with Gasteiger partial charge in [0.25, 0.3) is 0 Å². The number of phenols is 2. The van der Waals surface area contributed by atoms with Crippen molar-refractivity contribution in [2.75, 3.05) is 13.7 Å². The summed E-state index contributed by atoms with van der Waals surface area (Å²) in [4.78, 5) is 10.9. The Morgan fingerprint density at radius 2 is 2.18 bits per heavy atom. The van der Waals surface area contributed by atoms with E-state index < -0.39 is 0 Å². The molecule has 0 aliphatic heterocycles. The van der Waals surface area contributed by atoms with Gasteiger partial charge >= 0.3 is 5.97 Å². The molecular weight excluding hydrogens is 222 g/mol. The second-order valence-electron chi connectivity index (χ2n) is 3.75. The summed E-state index contributed by atoms with van der Waals surface area (Å²) in [6.45, 7) is 2.29. The van der Waals surface area contributed by atoms with E-state index in [2.05, 4.69) is 10.1 Å². The van der Waals surface area contributed by atoms with Gasteiger partial charge in [-0.1, -0.05) is 0 Å². The number of carbonyl (C=O) groups excluding carboxylic acids is 1. The molecule has 0 bridgehead atoms. The molecule has 94 valence electrons. The number of nitrogens with one attached hydrogen (secondary N) is 1. The summed E-state index contributed by atoms with van der Waals surface area (Å²) in [6.07, 6.45) is 0.264. The summed E-state index contributed by atoms with van der Waals surface area (Å²) >= 11 is 0. The molecule has 0 aliphatic rings. The summed E-state index contributed by atoms with van der Waals surface area (Å²) in [5.74, 6) is -0.0786. The van der Waals surface area contributed by atoms with Crippen LogP contribution in [0, 0.1) is 0 Å². The number of phenolic OH excluding ortho intramolecular Hbond substituents is 2. The average molecular weight is 239 g/mol. The van der Waals surface area contributed by atoms with Gasteiger partial charge in [0.1, 0.15) is 11.5 Å². The standard InChI is InChI=1S/C12H17NO4/c1-8(13-6-5-12(16)17-2)10-7-9(14)3-4-11(10)15/h3-4,7-8,13-15H,5-6H2,1-2H3. The average Bonchev–Trinajstić information content (AvgIpc) is 2.31. The first-order chi connectivity index (χ1) is 8.04. The first-order valence-electron chi connectivity index (χ1n) is 5.36. The summed E-state index contributed by atoms with van der Waals surface area (Å²) in [7, 11) is 1.34. The lowest BCUT2D eigenvalue weighted by atomic mass is 10.1. The van der Waals surface area contributed by atoms with E-state index >= 15 is 0 Å². The van der Waals surface area contributed by atoms with Gasteiger partial charge in [0.15, 0.2) is 0 Å². The Balaban J connectivity index is 2.54. The van der Waals surface area contributed by atoms with E-state index in [0.29, 0.717) is 12.1 Å². The van der Waals surface area contributed by atoms with Gasteiger partial charge in [0.05, 0.1) is 13.5 Å². The van der Waals surface area contributed by atoms with Crippen LogP contribution in [-0.2, 0) is 9.53 Å². The van der Waals surface area contributed by atoms with Gasteiger partial charge in [-0.3, -0.25) is 4.79 Å². The van der Waals surface area contributed by atoms with Gasteiger partial charge < -0.3 is 20.3 Å². The SMILES string of the molecule is COC(=O)CCNC(C)c1cc(O)ccc1O. The molecule has 1 aromatic rings. The number of hydrogen-bond donors (Lipinski definition) is 3. The van der Waals surface area contributed by atoms with Crippen LogP contribution in [0.1, 0.15) is 24.9 Å². The molecule has 1 unspecified atom stereocenters. The van der Waals surface area contributed by atoms with E-state index in [-0.39, 0.29) is 29.9 Å². The molecule has 0 aliphatic carbocycles. The zero-order valence-corrected chi connectivity index (χ0v) is 9.93. The minimum atomic E-state index is -0.287. The van der Waals surface area contributed by atoms with Gasteiger partial charge in [-0.05, 0) is 25.1 Å². The fourth-order valence-electron chi connectivity index (χ4n) is 1.49. The quantitative estimate of drug-likeness (QED) is 0.533. The number of rotatable bonds is 5. The van der Waals surface area contributed by atoms with Crippen LogP contribution in [0.25, 0.3) is 0 Å². The molecule has 0 amide bonds. The minimum absolute atomic E-state index is 0.0967. The molecule has 0 spiro atoms. The van der Waals surface area contributed by atoms with Crippen LogP contribution in [0.15, 0.2) is 18.2 Å². The lowest BCUT2D eigenvalue weighted by molar-refractivity contribution is -0.140. The largest absolute Gasteiger partial charge is 0.508 e. The fraction of sp³-hybridized carbons (Fsp3) is 0.417. The number of benzene rings is 1. The lowest BCUT2D eigenvalue weighted by Crippen LogP contribution is -2.22. The molecule has 0 heterocycles. The summed E-state index contributed by atoms with van der Waals surface area (Å²) in [6, 6.07) is 4.18. The summed E-state index contributed by atoms with van der Waals surface area (Å²) < 4.78 is 4.51. The molecule has 1 atom stereocenters. The number of carbonyl (C=O) groups is 1. The van der Waals surface area contributed by atoms with E-state index in [9.17, 15) is 15.0 Å². The predicted molar refractivity (Wildman–Crippen MR) is 62.8 cm³/mol. The Hall–Kier alpha value is -1.75. The molecule has 5 nitrogen and oxygen atoms in total. The topological polar surface area (TPSA) is 78.8 Å². The fourth-order valence-corrected chi connectivity index (χ4v) is 1.49. The molecule has 0 radical (unpaired) electrons. The predicted octanol–water partition coefficient (Wildman–Crippen LogP) is 1.31. The molecule has 17 heavy (non-hydrogen) atoms. The third-order valence-electron chi connectivity index (χ3n) is 2.48. The second kappa shape index (κ2) is 6.10. The van der Waals surface area contributed by atoms with Crippen molar-refractivity contribution >= 4 is 5.97 Å². The van der Waals surface area contributed by atoms with Crippen molar-refractivity contribution in [1.82, 2.24) is 5.32 Å². The van der Waals surface area contributed by atoms with Crippen molar-refractivity contribution in [3.05, 3.63) is 23.8 Å². The highest BCUT2D eigenvalue weighted by atomic mass is 16.5. The van der Waals surface area contributed by atoms with E-state index in [1.807, 2.05) is 6.92 Å². The highest BCUT2D eigenvalue weighted by molar-refractivity contribution is 5.69. The normalized spacial score (nSPS) is 12.1. The van der Waals surface area contributed by atoms with Crippen molar-refractivity contribution < 1.29 is 19.7 Å². The number of ether oxygens (including phenoxy) is 1. The maximum Gasteiger partial charge on any atom is 0.306 e. The van der Waals surface area contributed by atoms with Crippen molar-refractivity contribution in [2.45, 2.75) is 19.4 Å². The third kappa shape index (κ3) is 3.96. The lowest BCUT2D eigenvalue weighted by Gasteiger charge is -2.15. The second-order valence-corrected chi connectivity index (χ2v) is 3.75. The molecule has 1 aromatic carbocycles. The van der Waals surface area contributed by atoms with Gasteiger partial charge in [-0.2, -0.15) is 0 Å². The zero-order chi connectivity index (χ0) is 12.8. The molecule has 0 fully saturated rings. The maximum atomic E-state index is 10.9. The Labute approximate surface area is 100 Å². The van der Waals surface area contributed by atoms with Crippen molar-refractivity contribution in [3.8, 4) is 11.5 Å². The van der Waals surface area contributed by atoms with Crippen LogP contribution in [0.5, 0.6) is 11.5 Å². The van der Waals surface area contributed by atoms with Gasteiger partial charge in [0, 0.05) is 18.2 Å². The molecular formula is C12H17NO4. The van der Waals surface area contributed by atoms with Gasteiger partial charge in [0.2, 0.25) is 0 Å². The van der Waals surface area contributed by atoms with E-state index in [4.69, 9.17) is 0 Å². The van der Waals surface area contributed by atoms with Crippen molar-refractivity contribution in [1.29, 1.82) is 0 Å². The number of methoxy groups -OCH3 is 1. The highest BCUT2D eigenvalue weighted by Crippen LogP contribution is 2.27. The van der Waals surface area contributed by atoms with E-state index in [1.54, 1.807) is 0 Å². The van der Waals surface area contributed by atoms with Crippen LogP contribution in [0.2, 0.25) is 0 Å². The first-order valence-corrected chi connectivity index (χ1v) is 5.36. The molecule has 3 N–H and O–H groups in total.